The standard InChI is InChI=1S/C43H40ClN2O3/c1-2-9-29-15-17-30(18-16-29)41(32-23-25-34(44)26-24-32)31-19-21-33(22-20-31)42(47)40(14-7-8-27-45)46-43(48)49-28-39-37-12-5-3-10-35(37)36-11-4-6-13-38(36)39/h2-6,10-13,15-26,39-40H,1,7-9,14,27-28,45H2,(H,46,48)/t40-/m0/s1. The van der Waals surface area contributed by atoms with E-state index < -0.39 is 12.1 Å². The van der Waals surface area contributed by atoms with Gasteiger partial charge in [-0.15, -0.1) is 6.58 Å². The number of unbranched alkanes of at least 4 members (excludes halogenated alkanes) is 1. The van der Waals surface area contributed by atoms with Crippen LogP contribution in [-0.2, 0) is 11.2 Å². The number of benzene rings is 5. The number of alkyl carbamates (subject to hydrolysis) is 1. The summed E-state index contributed by atoms with van der Waals surface area (Å²) < 4.78 is 5.80. The number of rotatable bonds is 14. The number of allylic oxidation sites excluding steroid dienone is 1. The van der Waals surface area contributed by atoms with E-state index in [2.05, 4.69) is 60.4 Å². The SMILES string of the molecule is C=CCc1ccc([C](c2ccc(Cl)cc2)c2ccc(C(=O)[C@H](CCCCN)NC(=O)OCC3c4ccccc4-c4ccccc43)cc2)cc1. The monoisotopic (exact) mass is 667 g/mol. The Hall–Kier alpha value is -4.97. The first kappa shape index (κ1) is 33.9. The Kier molecular flexibility index (Phi) is 11.0. The molecule has 0 fully saturated rings. The number of hydrogen-bond acceptors (Lipinski definition) is 4. The first-order chi connectivity index (χ1) is 24.0. The Morgan fingerprint density at radius 3 is 1.86 bits per heavy atom. The van der Waals surface area contributed by atoms with Gasteiger partial charge in [-0.25, -0.2) is 4.79 Å². The quantitative estimate of drug-likeness (QED) is 0.0535. The normalized spacial score (nSPS) is 12.6. The van der Waals surface area contributed by atoms with E-state index in [1.807, 2.05) is 78.9 Å². The van der Waals surface area contributed by atoms with E-state index >= 15 is 0 Å². The zero-order valence-electron chi connectivity index (χ0n) is 27.4. The summed E-state index contributed by atoms with van der Waals surface area (Å²) in [6.45, 7) is 4.54. The van der Waals surface area contributed by atoms with Gasteiger partial charge in [0, 0.05) is 16.5 Å². The number of carbonyl (C=O) groups is 2. The molecule has 49 heavy (non-hydrogen) atoms. The van der Waals surface area contributed by atoms with Gasteiger partial charge in [0.25, 0.3) is 0 Å². The van der Waals surface area contributed by atoms with E-state index in [1.165, 1.54) is 5.56 Å². The molecule has 0 bridgehead atoms. The van der Waals surface area contributed by atoms with Crippen molar-refractivity contribution in [3.05, 3.63) is 184 Å². The van der Waals surface area contributed by atoms with Crippen LogP contribution in [0.25, 0.3) is 11.1 Å². The number of nitrogens with one attached hydrogen (secondary N) is 1. The van der Waals surface area contributed by atoms with Crippen molar-refractivity contribution in [2.75, 3.05) is 13.2 Å². The highest BCUT2D eigenvalue weighted by Gasteiger charge is 2.30. The van der Waals surface area contributed by atoms with Gasteiger partial charge in [-0.1, -0.05) is 127 Å². The summed E-state index contributed by atoms with van der Waals surface area (Å²) in [7, 11) is 0. The van der Waals surface area contributed by atoms with Gasteiger partial charge in [-0.3, -0.25) is 4.79 Å². The van der Waals surface area contributed by atoms with Gasteiger partial charge in [0.15, 0.2) is 5.78 Å². The van der Waals surface area contributed by atoms with Gasteiger partial charge in [0.1, 0.15) is 6.61 Å². The second-order valence-corrected chi connectivity index (χ2v) is 12.8. The lowest BCUT2D eigenvalue weighted by Crippen LogP contribution is -2.41. The fourth-order valence-corrected chi connectivity index (χ4v) is 6.76. The topological polar surface area (TPSA) is 81.4 Å². The molecule has 1 aliphatic rings. The Morgan fingerprint density at radius 1 is 0.755 bits per heavy atom. The van der Waals surface area contributed by atoms with Gasteiger partial charge in [0.05, 0.1) is 12.0 Å². The second-order valence-electron chi connectivity index (χ2n) is 12.3. The average Bonchev–Trinajstić information content (AvgIpc) is 3.45. The minimum Gasteiger partial charge on any atom is -0.449 e. The van der Waals surface area contributed by atoms with Crippen molar-refractivity contribution in [1.29, 1.82) is 0 Å². The predicted molar refractivity (Wildman–Crippen MR) is 198 cm³/mol. The van der Waals surface area contributed by atoms with E-state index in [0.717, 1.165) is 57.7 Å². The predicted octanol–water partition coefficient (Wildman–Crippen LogP) is 9.31. The molecule has 5 aromatic rings. The maximum atomic E-state index is 13.9. The summed E-state index contributed by atoms with van der Waals surface area (Å²) in [5.41, 5.74) is 15.1. The van der Waals surface area contributed by atoms with Gasteiger partial charge < -0.3 is 15.8 Å². The summed E-state index contributed by atoms with van der Waals surface area (Å²) in [5.74, 6) is 0.789. The molecule has 247 valence electrons. The van der Waals surface area contributed by atoms with Gasteiger partial charge >= 0.3 is 6.09 Å². The molecule has 3 N–H and O–H groups in total. The number of carbonyl (C=O) groups excluding carboxylic acids is 2. The maximum Gasteiger partial charge on any atom is 0.407 e. The smallest absolute Gasteiger partial charge is 0.407 e. The first-order valence-corrected chi connectivity index (χ1v) is 17.1. The van der Waals surface area contributed by atoms with E-state index in [1.54, 1.807) is 0 Å². The number of hydrogen-bond donors (Lipinski definition) is 2. The molecule has 0 aromatic heterocycles. The highest BCUT2D eigenvalue weighted by Crippen LogP contribution is 2.44. The number of Topliss-reactive ketones (excluding diaryl/α,β-unsaturated/α-hetero) is 1. The van der Waals surface area contributed by atoms with Crippen molar-refractivity contribution in [1.82, 2.24) is 5.32 Å². The lowest BCUT2D eigenvalue weighted by atomic mass is 9.84. The molecule has 0 saturated carbocycles. The van der Waals surface area contributed by atoms with Crippen molar-refractivity contribution in [2.45, 2.75) is 37.6 Å². The highest BCUT2D eigenvalue weighted by atomic mass is 35.5. The molecule has 5 nitrogen and oxygen atoms in total. The molecule has 1 aliphatic carbocycles. The van der Waals surface area contributed by atoms with Crippen LogP contribution in [0.15, 0.2) is 134 Å². The van der Waals surface area contributed by atoms with Gasteiger partial charge in [-0.2, -0.15) is 0 Å². The number of ketones is 1. The fraction of sp³-hybridized carbons (Fsp3) is 0.186. The van der Waals surface area contributed by atoms with Crippen LogP contribution in [0.4, 0.5) is 4.79 Å². The third-order valence-electron chi connectivity index (χ3n) is 9.11. The van der Waals surface area contributed by atoms with Crippen molar-refractivity contribution in [3.63, 3.8) is 0 Å². The Labute approximate surface area is 293 Å². The Morgan fingerprint density at radius 2 is 1.29 bits per heavy atom. The summed E-state index contributed by atoms with van der Waals surface area (Å²) in [6, 6.07) is 39.4. The summed E-state index contributed by atoms with van der Waals surface area (Å²) in [4.78, 5) is 27.1. The average molecular weight is 668 g/mol. The molecule has 6 rings (SSSR count). The van der Waals surface area contributed by atoms with Crippen LogP contribution in [0, 0.1) is 5.92 Å². The Balaban J connectivity index is 1.18. The van der Waals surface area contributed by atoms with E-state index in [9.17, 15) is 9.59 Å². The molecule has 1 amide bonds. The summed E-state index contributed by atoms with van der Waals surface area (Å²) in [6.07, 6.45) is 3.99. The molecule has 0 spiro atoms. The van der Waals surface area contributed by atoms with Crippen LogP contribution in [0.5, 0.6) is 0 Å². The molecule has 1 radical (unpaired) electrons. The van der Waals surface area contributed by atoms with E-state index in [0.29, 0.717) is 30.0 Å². The summed E-state index contributed by atoms with van der Waals surface area (Å²) >= 11 is 6.22. The minimum atomic E-state index is -0.745. The molecule has 1 atom stereocenters. The largest absolute Gasteiger partial charge is 0.449 e. The number of nitrogens with two attached hydrogens (primary N) is 1. The molecule has 0 saturated heterocycles. The highest BCUT2D eigenvalue weighted by molar-refractivity contribution is 6.30. The minimum absolute atomic E-state index is 0.0682. The molecule has 0 heterocycles. The van der Waals surface area contributed by atoms with Crippen molar-refractivity contribution >= 4 is 23.5 Å². The van der Waals surface area contributed by atoms with Crippen LogP contribution < -0.4 is 11.1 Å². The fourth-order valence-electron chi connectivity index (χ4n) is 6.64. The van der Waals surface area contributed by atoms with Gasteiger partial charge in [-0.05, 0) is 88.9 Å². The molecule has 5 aromatic carbocycles. The Bertz CT molecular complexity index is 1860. The molecule has 6 heteroatoms. The molecular formula is C43H40ClN2O3. The zero-order valence-corrected chi connectivity index (χ0v) is 28.2. The molecule has 0 aliphatic heterocycles. The summed E-state index contributed by atoms with van der Waals surface area (Å²) in [5, 5.41) is 3.54. The number of halogens is 1. The van der Waals surface area contributed by atoms with Crippen LogP contribution in [0.1, 0.15) is 68.9 Å². The zero-order chi connectivity index (χ0) is 34.2. The van der Waals surface area contributed by atoms with Crippen LogP contribution in [0.3, 0.4) is 0 Å². The number of ether oxygens (including phenoxy) is 1. The third kappa shape index (κ3) is 7.86. The third-order valence-corrected chi connectivity index (χ3v) is 9.36. The van der Waals surface area contributed by atoms with Crippen LogP contribution in [-0.4, -0.2) is 31.1 Å². The van der Waals surface area contributed by atoms with Gasteiger partial charge in [0.2, 0.25) is 0 Å². The first-order valence-electron chi connectivity index (χ1n) is 16.8. The number of amides is 1. The maximum absolute atomic E-state index is 13.9. The molecule has 0 unspecified atom stereocenters. The lowest BCUT2D eigenvalue weighted by Gasteiger charge is -2.21. The van der Waals surface area contributed by atoms with Crippen molar-refractivity contribution in [2.24, 2.45) is 5.73 Å². The van der Waals surface area contributed by atoms with E-state index in [4.69, 9.17) is 22.1 Å². The van der Waals surface area contributed by atoms with E-state index in [-0.39, 0.29) is 18.3 Å². The number of fused-ring (bicyclic) bond motifs is 3. The lowest BCUT2D eigenvalue weighted by molar-refractivity contribution is 0.0912. The van der Waals surface area contributed by atoms with Crippen LogP contribution >= 0.6 is 11.6 Å². The van der Waals surface area contributed by atoms with Crippen molar-refractivity contribution in [3.8, 4) is 11.1 Å². The second kappa shape index (κ2) is 16.0. The van der Waals surface area contributed by atoms with Crippen LogP contribution in [0.2, 0.25) is 5.02 Å². The molecular weight excluding hydrogens is 628 g/mol. The van der Waals surface area contributed by atoms with Crippen molar-refractivity contribution < 1.29 is 14.3 Å².